The minimum atomic E-state index is 0.828. The van der Waals surface area contributed by atoms with E-state index in [4.69, 9.17) is 17.0 Å². The Balaban J connectivity index is 0.000000131. The van der Waals surface area contributed by atoms with Gasteiger partial charge in [0.1, 0.15) is 5.75 Å². The Morgan fingerprint density at radius 1 is 1.10 bits per heavy atom. The first-order valence-electron chi connectivity index (χ1n) is 6.19. The summed E-state index contributed by atoms with van der Waals surface area (Å²) in [5, 5.41) is 4.66. The Kier molecular flexibility index (Phi) is 3.67. The lowest BCUT2D eigenvalue weighted by atomic mass is 10.1. The van der Waals surface area contributed by atoms with E-state index >= 15 is 0 Å². The van der Waals surface area contributed by atoms with Crippen LogP contribution in [0.1, 0.15) is 0 Å². The number of ether oxygens (including phenoxy) is 1. The van der Waals surface area contributed by atoms with E-state index in [0.717, 1.165) is 15.4 Å². The zero-order chi connectivity index (χ0) is 13.9. The van der Waals surface area contributed by atoms with Gasteiger partial charge in [0.05, 0.1) is 12.8 Å². The van der Waals surface area contributed by atoms with Gasteiger partial charge in [0, 0.05) is 10.6 Å². The Labute approximate surface area is 126 Å². The molecule has 2 aliphatic carbocycles. The van der Waals surface area contributed by atoms with Crippen LogP contribution in [0, 0.1) is 14.4 Å². The monoisotopic (exact) mass is 299 g/mol. The second kappa shape index (κ2) is 5.61. The van der Waals surface area contributed by atoms with Crippen LogP contribution in [0.15, 0.2) is 53.9 Å². The molecule has 1 N–H and O–H groups in total. The molecule has 100 valence electrons. The lowest BCUT2D eigenvalue weighted by Gasteiger charge is -2.08. The lowest BCUT2D eigenvalue weighted by Crippen LogP contribution is -1.92. The van der Waals surface area contributed by atoms with Crippen LogP contribution in [0.4, 0.5) is 0 Å². The summed E-state index contributed by atoms with van der Waals surface area (Å²) in [6.07, 6.45) is 0. The van der Waals surface area contributed by atoms with Gasteiger partial charge < -0.3 is 9.72 Å². The van der Waals surface area contributed by atoms with Gasteiger partial charge in [-0.2, -0.15) is 0 Å². The fourth-order valence-corrected chi connectivity index (χ4v) is 2.81. The average Bonchev–Trinajstić information content (AvgIpc) is 2.90. The van der Waals surface area contributed by atoms with Crippen LogP contribution in [-0.2, 0) is 0 Å². The molecule has 0 unspecified atom stereocenters. The number of benzene rings is 2. The highest BCUT2D eigenvalue weighted by molar-refractivity contribution is 7.73. The van der Waals surface area contributed by atoms with E-state index in [9.17, 15) is 0 Å². The highest BCUT2D eigenvalue weighted by atomic mass is 32.1. The molecular weight excluding hydrogens is 286 g/mol. The Morgan fingerprint density at radius 2 is 1.90 bits per heavy atom. The molecule has 0 aliphatic heterocycles. The van der Waals surface area contributed by atoms with E-state index in [0.29, 0.717) is 0 Å². The number of H-pyrrole nitrogens is 1. The number of hydrogen-bond donors (Lipinski definition) is 1. The maximum Gasteiger partial charge on any atom is 0.158 e. The highest BCUT2D eigenvalue weighted by Crippen LogP contribution is 2.22. The molecule has 2 aromatic rings. The van der Waals surface area contributed by atoms with E-state index in [2.05, 4.69) is 29.2 Å². The predicted octanol–water partition coefficient (Wildman–Crippen LogP) is 4.77. The summed E-state index contributed by atoms with van der Waals surface area (Å²) >= 11 is 6.55. The van der Waals surface area contributed by atoms with E-state index in [1.54, 1.807) is 18.4 Å². The minimum Gasteiger partial charge on any atom is -0.496 e. The van der Waals surface area contributed by atoms with Crippen molar-refractivity contribution in [1.29, 1.82) is 0 Å². The molecule has 0 radical (unpaired) electrons. The third-order valence-corrected chi connectivity index (χ3v) is 4.18. The van der Waals surface area contributed by atoms with Crippen LogP contribution in [0.3, 0.4) is 0 Å². The van der Waals surface area contributed by atoms with Crippen molar-refractivity contribution in [3.8, 4) is 17.0 Å². The zero-order valence-corrected chi connectivity index (χ0v) is 12.6. The summed E-state index contributed by atoms with van der Waals surface area (Å²) in [6, 6.07) is 16.3. The van der Waals surface area contributed by atoms with Crippen molar-refractivity contribution >= 4 is 23.6 Å². The third-order valence-electron chi connectivity index (χ3n) is 3.12. The van der Waals surface area contributed by atoms with Crippen LogP contribution in [0.25, 0.3) is 11.3 Å². The number of nitrogens with one attached hydrogen (secondary N) is 1. The molecule has 0 atom stereocenters. The fraction of sp³-hybridized carbons (Fsp3) is 0.0625. The zero-order valence-electron chi connectivity index (χ0n) is 10.9. The maximum atomic E-state index is 5.00. The summed E-state index contributed by atoms with van der Waals surface area (Å²) in [7, 11) is 1.70. The average molecular weight is 299 g/mol. The van der Waals surface area contributed by atoms with Crippen molar-refractivity contribution in [2.24, 2.45) is 0 Å². The van der Waals surface area contributed by atoms with Gasteiger partial charge in [-0.15, -0.1) is 11.3 Å². The fourth-order valence-electron chi connectivity index (χ4n) is 1.96. The van der Waals surface area contributed by atoms with Gasteiger partial charge in [0.2, 0.25) is 0 Å². The predicted molar refractivity (Wildman–Crippen MR) is 85.6 cm³/mol. The molecule has 20 heavy (non-hydrogen) atoms. The SMILES string of the molecule is COc1cc2ccc1=2.S=c1[nH]c(-c2ccccc2)cs1. The molecule has 2 nitrogen and oxygen atoms in total. The summed E-state index contributed by atoms with van der Waals surface area (Å²) in [4.78, 5) is 3.13. The molecule has 0 bridgehead atoms. The molecule has 1 aromatic heterocycles. The highest BCUT2D eigenvalue weighted by Gasteiger charge is 2.03. The number of aromatic nitrogens is 1. The Morgan fingerprint density at radius 3 is 2.30 bits per heavy atom. The molecule has 0 saturated carbocycles. The third kappa shape index (κ3) is 2.53. The number of rotatable bonds is 2. The van der Waals surface area contributed by atoms with Crippen molar-refractivity contribution in [1.82, 2.24) is 4.98 Å². The van der Waals surface area contributed by atoms with Crippen molar-refractivity contribution < 1.29 is 4.74 Å². The number of methoxy groups -OCH3 is 1. The quantitative estimate of drug-likeness (QED) is 0.539. The summed E-state index contributed by atoms with van der Waals surface area (Å²) in [6.45, 7) is 0. The molecular formula is C16H13NOS2. The smallest absolute Gasteiger partial charge is 0.158 e. The molecule has 0 amide bonds. The maximum absolute atomic E-state index is 5.00. The first kappa shape index (κ1) is 13.1. The second-order valence-electron chi connectivity index (χ2n) is 4.34. The normalized spacial score (nSPS) is 10.4. The van der Waals surface area contributed by atoms with E-state index < -0.39 is 0 Å². The van der Waals surface area contributed by atoms with Crippen molar-refractivity contribution in [2.45, 2.75) is 0 Å². The summed E-state index contributed by atoms with van der Waals surface area (Å²) in [5.41, 5.74) is 2.29. The topological polar surface area (TPSA) is 25.0 Å². The lowest BCUT2D eigenvalue weighted by molar-refractivity contribution is 0.407. The van der Waals surface area contributed by atoms with Crippen LogP contribution in [-0.4, -0.2) is 12.1 Å². The molecule has 4 rings (SSSR count). The molecule has 0 saturated heterocycles. The standard InChI is InChI=1S/C9H7NS2.C7H6O/c11-9-10-8(6-12-9)7-4-2-1-3-5-7;1-8-7-4-5-2-3-6(5)7/h1-6H,(H,10,11);2-4H,1H3. The molecule has 0 fully saturated rings. The Hall–Kier alpha value is -1.91. The molecule has 1 aromatic carbocycles. The van der Waals surface area contributed by atoms with Gasteiger partial charge in [-0.1, -0.05) is 42.5 Å². The first-order chi connectivity index (χ1) is 9.78. The molecule has 2 aliphatic rings. The van der Waals surface area contributed by atoms with E-state index in [-0.39, 0.29) is 0 Å². The van der Waals surface area contributed by atoms with Gasteiger partial charge in [-0.25, -0.2) is 0 Å². The largest absolute Gasteiger partial charge is 0.496 e. The minimum absolute atomic E-state index is 0.828. The van der Waals surface area contributed by atoms with Crippen LogP contribution in [0.2, 0.25) is 0 Å². The van der Waals surface area contributed by atoms with Crippen LogP contribution < -0.4 is 4.74 Å². The van der Waals surface area contributed by atoms with Crippen molar-refractivity contribution in [2.75, 3.05) is 7.11 Å². The van der Waals surface area contributed by atoms with Gasteiger partial charge >= 0.3 is 0 Å². The summed E-state index contributed by atoms with van der Waals surface area (Å²) in [5.74, 6) is 1.03. The van der Waals surface area contributed by atoms with Crippen molar-refractivity contribution in [3.05, 3.63) is 68.3 Å². The van der Waals surface area contributed by atoms with Crippen LogP contribution >= 0.6 is 23.6 Å². The Bertz CT molecular complexity index is 865. The number of hydrogen-bond acceptors (Lipinski definition) is 3. The van der Waals surface area contributed by atoms with Crippen LogP contribution in [0.5, 0.6) is 5.75 Å². The molecule has 0 spiro atoms. The van der Waals surface area contributed by atoms with E-state index in [1.807, 2.05) is 29.6 Å². The van der Waals surface area contributed by atoms with Gasteiger partial charge in [0.25, 0.3) is 0 Å². The van der Waals surface area contributed by atoms with Gasteiger partial charge in [-0.3, -0.25) is 0 Å². The summed E-state index contributed by atoms with van der Waals surface area (Å²) < 4.78 is 5.80. The number of thiazole rings is 1. The number of aromatic amines is 1. The molecule has 4 heteroatoms. The van der Waals surface area contributed by atoms with Crippen molar-refractivity contribution in [3.63, 3.8) is 0 Å². The van der Waals surface area contributed by atoms with Gasteiger partial charge in [0.15, 0.2) is 3.95 Å². The first-order valence-corrected chi connectivity index (χ1v) is 7.48. The van der Waals surface area contributed by atoms with E-state index in [1.165, 1.54) is 16.0 Å². The molecule has 1 heterocycles. The van der Waals surface area contributed by atoms with Gasteiger partial charge in [-0.05, 0) is 29.1 Å². The second-order valence-corrected chi connectivity index (χ2v) is 5.89.